The van der Waals surface area contributed by atoms with Gasteiger partial charge in [-0.15, -0.1) is 0 Å². The second kappa shape index (κ2) is 11.3. The van der Waals surface area contributed by atoms with Crippen molar-refractivity contribution in [1.82, 2.24) is 14.9 Å². The largest absolute Gasteiger partial charge is 0.353 e. The number of benzene rings is 2. The van der Waals surface area contributed by atoms with Crippen molar-refractivity contribution in [3.05, 3.63) is 75.9 Å². The highest BCUT2D eigenvalue weighted by molar-refractivity contribution is 7.99. The Kier molecular flexibility index (Phi) is 8.15. The van der Waals surface area contributed by atoms with Crippen molar-refractivity contribution in [3.63, 3.8) is 0 Å². The molecule has 1 aromatic heterocycles. The summed E-state index contributed by atoms with van der Waals surface area (Å²) in [6.45, 7) is 5.76. The minimum absolute atomic E-state index is 0.0228. The van der Waals surface area contributed by atoms with Gasteiger partial charge in [0.1, 0.15) is 11.0 Å². The molecular formula is C25H25Cl2N5O2S. The number of thioether (sulfide) groups is 1. The van der Waals surface area contributed by atoms with Gasteiger partial charge in [-0.25, -0.2) is 9.97 Å². The van der Waals surface area contributed by atoms with Gasteiger partial charge in [-0.3, -0.25) is 9.59 Å². The van der Waals surface area contributed by atoms with Crippen molar-refractivity contribution >= 4 is 58.3 Å². The highest BCUT2D eigenvalue weighted by atomic mass is 35.5. The predicted octanol–water partition coefficient (Wildman–Crippen LogP) is 5.17. The van der Waals surface area contributed by atoms with E-state index in [1.807, 2.05) is 43.0 Å². The normalized spacial score (nSPS) is 15.7. The Hall–Kier alpha value is -2.81. The molecule has 1 aliphatic rings. The Bertz CT molecular complexity index is 1210. The first-order chi connectivity index (χ1) is 16.8. The number of amides is 2. The first-order valence-electron chi connectivity index (χ1n) is 11.1. The minimum atomic E-state index is -0.146. The molecule has 2 aromatic carbocycles. The van der Waals surface area contributed by atoms with E-state index in [0.29, 0.717) is 46.3 Å². The van der Waals surface area contributed by atoms with Crippen LogP contribution in [0.2, 0.25) is 10.2 Å². The van der Waals surface area contributed by atoms with E-state index in [1.165, 1.54) is 11.8 Å². The lowest BCUT2D eigenvalue weighted by Crippen LogP contribution is -2.54. The summed E-state index contributed by atoms with van der Waals surface area (Å²) in [7, 11) is 0. The van der Waals surface area contributed by atoms with Crippen molar-refractivity contribution in [3.8, 4) is 0 Å². The van der Waals surface area contributed by atoms with Crippen molar-refractivity contribution in [2.45, 2.75) is 25.0 Å². The molecule has 4 rings (SSSR count). The van der Waals surface area contributed by atoms with Gasteiger partial charge in [0.2, 0.25) is 5.91 Å². The van der Waals surface area contributed by atoms with E-state index in [-0.39, 0.29) is 23.6 Å². The van der Waals surface area contributed by atoms with Gasteiger partial charge >= 0.3 is 0 Å². The molecule has 182 valence electrons. The molecule has 1 unspecified atom stereocenters. The summed E-state index contributed by atoms with van der Waals surface area (Å²) >= 11 is 13.4. The standard InChI is InChI=1S/C25H25Cl2N5O2S/c1-16-3-9-20(10-4-16)28-23(33)15-35-25-29-21(27)13-22(30-25)31-11-12-32(17(2)14-31)24(34)18-5-7-19(26)8-6-18/h3-10,13,17H,11-12,14-15H2,1-2H3,(H,28,33). The average Bonchev–Trinajstić information content (AvgIpc) is 2.84. The summed E-state index contributed by atoms with van der Waals surface area (Å²) in [6.07, 6.45) is 0. The molecule has 1 fully saturated rings. The van der Waals surface area contributed by atoms with Crippen molar-refractivity contribution < 1.29 is 9.59 Å². The molecule has 0 bridgehead atoms. The topological polar surface area (TPSA) is 78.4 Å². The van der Waals surface area contributed by atoms with Gasteiger partial charge in [-0.05, 0) is 50.2 Å². The van der Waals surface area contributed by atoms with Crippen LogP contribution < -0.4 is 10.2 Å². The van der Waals surface area contributed by atoms with Gasteiger partial charge in [-0.1, -0.05) is 52.7 Å². The monoisotopic (exact) mass is 529 g/mol. The second-order valence-electron chi connectivity index (χ2n) is 8.33. The van der Waals surface area contributed by atoms with Gasteiger partial charge in [0.15, 0.2) is 5.16 Å². The number of halogens is 2. The van der Waals surface area contributed by atoms with E-state index < -0.39 is 0 Å². The van der Waals surface area contributed by atoms with E-state index in [4.69, 9.17) is 23.2 Å². The Morgan fingerprint density at radius 1 is 1.06 bits per heavy atom. The first kappa shape index (κ1) is 25.3. The lowest BCUT2D eigenvalue weighted by atomic mass is 10.1. The lowest BCUT2D eigenvalue weighted by Gasteiger charge is -2.40. The SMILES string of the molecule is Cc1ccc(NC(=O)CSc2nc(Cl)cc(N3CCN(C(=O)c4ccc(Cl)cc4)C(C)C3)n2)cc1. The van der Waals surface area contributed by atoms with Crippen LogP contribution in [0.4, 0.5) is 11.5 Å². The number of aromatic nitrogens is 2. The molecule has 0 radical (unpaired) electrons. The zero-order chi connectivity index (χ0) is 24.9. The van der Waals surface area contributed by atoms with Gasteiger partial charge in [0, 0.05) is 48.0 Å². The summed E-state index contributed by atoms with van der Waals surface area (Å²) in [6, 6.07) is 16.2. The second-order valence-corrected chi connectivity index (χ2v) is 10.1. The Labute approximate surface area is 218 Å². The Balaban J connectivity index is 1.36. The van der Waals surface area contributed by atoms with Gasteiger partial charge < -0.3 is 15.1 Å². The molecule has 0 aliphatic carbocycles. The number of carbonyl (C=O) groups excluding carboxylic acids is 2. The number of nitrogens with zero attached hydrogens (tertiary/aromatic N) is 4. The summed E-state index contributed by atoms with van der Waals surface area (Å²) < 4.78 is 0. The van der Waals surface area contributed by atoms with Crippen LogP contribution in [0, 0.1) is 6.92 Å². The van der Waals surface area contributed by atoms with Gasteiger partial charge in [0.25, 0.3) is 5.91 Å². The molecular weight excluding hydrogens is 505 g/mol. The molecule has 1 atom stereocenters. The molecule has 1 saturated heterocycles. The maximum atomic E-state index is 12.9. The van der Waals surface area contributed by atoms with E-state index >= 15 is 0 Å². The minimum Gasteiger partial charge on any atom is -0.353 e. The Morgan fingerprint density at radius 2 is 1.77 bits per heavy atom. The maximum Gasteiger partial charge on any atom is 0.254 e. The molecule has 10 heteroatoms. The van der Waals surface area contributed by atoms with Crippen molar-refractivity contribution in [2.24, 2.45) is 0 Å². The summed E-state index contributed by atoms with van der Waals surface area (Å²) in [4.78, 5) is 38.1. The number of hydrogen-bond acceptors (Lipinski definition) is 6. The average molecular weight is 530 g/mol. The van der Waals surface area contributed by atoms with Crippen molar-refractivity contribution in [2.75, 3.05) is 35.6 Å². The first-order valence-corrected chi connectivity index (χ1v) is 12.9. The highest BCUT2D eigenvalue weighted by Gasteiger charge is 2.29. The number of rotatable bonds is 6. The van der Waals surface area contributed by atoms with Gasteiger partial charge in [0.05, 0.1) is 5.75 Å². The molecule has 0 saturated carbocycles. The summed E-state index contributed by atoms with van der Waals surface area (Å²) in [5.41, 5.74) is 2.48. The Morgan fingerprint density at radius 3 is 2.46 bits per heavy atom. The third-order valence-corrected chi connectivity index (χ3v) is 6.92. The number of piperazine rings is 1. The number of anilines is 2. The molecule has 0 spiro atoms. The fraction of sp³-hybridized carbons (Fsp3) is 0.280. The number of aryl methyl sites for hydroxylation is 1. The lowest BCUT2D eigenvalue weighted by molar-refractivity contribution is -0.113. The van der Waals surface area contributed by atoms with Crippen LogP contribution in [0.3, 0.4) is 0 Å². The van der Waals surface area contributed by atoms with Crippen LogP contribution in [0.25, 0.3) is 0 Å². The number of hydrogen-bond donors (Lipinski definition) is 1. The number of carbonyl (C=O) groups is 2. The third-order valence-electron chi connectivity index (χ3n) is 5.63. The zero-order valence-electron chi connectivity index (χ0n) is 19.4. The van der Waals surface area contributed by atoms with Crippen LogP contribution in [-0.4, -0.2) is 58.1 Å². The quantitative estimate of drug-likeness (QED) is 0.269. The van der Waals surface area contributed by atoms with Crippen molar-refractivity contribution in [1.29, 1.82) is 0 Å². The maximum absolute atomic E-state index is 12.9. The molecule has 1 N–H and O–H groups in total. The van der Waals surface area contributed by atoms with E-state index in [0.717, 1.165) is 11.3 Å². The molecule has 2 heterocycles. The molecule has 3 aromatic rings. The van der Waals surface area contributed by atoms with Crippen LogP contribution in [0.1, 0.15) is 22.8 Å². The number of nitrogens with one attached hydrogen (secondary N) is 1. The van der Waals surface area contributed by atoms with Crippen LogP contribution in [-0.2, 0) is 4.79 Å². The molecule has 35 heavy (non-hydrogen) atoms. The van der Waals surface area contributed by atoms with Crippen LogP contribution >= 0.6 is 35.0 Å². The van der Waals surface area contributed by atoms with Crippen LogP contribution in [0.5, 0.6) is 0 Å². The molecule has 2 amide bonds. The summed E-state index contributed by atoms with van der Waals surface area (Å²) in [5.74, 6) is 0.669. The fourth-order valence-electron chi connectivity index (χ4n) is 3.80. The molecule has 1 aliphatic heterocycles. The van der Waals surface area contributed by atoms with Crippen LogP contribution in [0.15, 0.2) is 59.8 Å². The summed E-state index contributed by atoms with van der Waals surface area (Å²) in [5, 5.41) is 4.20. The van der Waals surface area contributed by atoms with Gasteiger partial charge in [-0.2, -0.15) is 0 Å². The highest BCUT2D eigenvalue weighted by Crippen LogP contribution is 2.25. The van der Waals surface area contributed by atoms with E-state index in [2.05, 4.69) is 20.2 Å². The fourth-order valence-corrected chi connectivity index (χ4v) is 4.81. The van der Waals surface area contributed by atoms with E-state index in [1.54, 1.807) is 30.3 Å². The predicted molar refractivity (Wildman–Crippen MR) is 142 cm³/mol. The third kappa shape index (κ3) is 6.66. The van der Waals surface area contributed by atoms with E-state index in [9.17, 15) is 9.59 Å². The smallest absolute Gasteiger partial charge is 0.254 e. The molecule has 7 nitrogen and oxygen atoms in total. The zero-order valence-corrected chi connectivity index (χ0v) is 21.7.